The summed E-state index contributed by atoms with van der Waals surface area (Å²) in [7, 11) is 0. The van der Waals surface area contributed by atoms with Crippen LogP contribution in [-0.4, -0.2) is 33.7 Å². The van der Waals surface area contributed by atoms with Crippen LogP contribution in [0.25, 0.3) is 16.6 Å². The van der Waals surface area contributed by atoms with Gasteiger partial charge in [-0.15, -0.1) is 0 Å². The zero-order valence-corrected chi connectivity index (χ0v) is 19.7. The van der Waals surface area contributed by atoms with E-state index in [1.165, 1.54) is 18.5 Å². The van der Waals surface area contributed by atoms with Crippen LogP contribution in [0, 0.1) is 11.6 Å². The van der Waals surface area contributed by atoms with E-state index in [1.807, 2.05) is 11.4 Å². The molecule has 1 fully saturated rings. The van der Waals surface area contributed by atoms with Crippen molar-refractivity contribution in [1.82, 2.24) is 19.9 Å². The standard InChI is InChI=1S/C25H22F5N7O/c26-17-3-2-15(25(28,29)30)10-20(17)36-24(38)35-19-4-1-14(9-18(19)27)16-11-21(13-5-7-32-8-6-13)37-22(16)23(31)33-12-34-37/h1-4,9-13,32H,5-8H2,(H2,31,33,34)(H2,35,36,38). The minimum Gasteiger partial charge on any atom is -0.382 e. The third-order valence-corrected chi connectivity index (χ3v) is 6.44. The van der Waals surface area contributed by atoms with Crippen LogP contribution < -0.4 is 21.7 Å². The molecule has 1 saturated heterocycles. The fourth-order valence-electron chi connectivity index (χ4n) is 4.58. The summed E-state index contributed by atoms with van der Waals surface area (Å²) >= 11 is 0. The number of nitrogens with two attached hydrogens (primary N) is 1. The number of hydrogen-bond acceptors (Lipinski definition) is 5. The lowest BCUT2D eigenvalue weighted by Gasteiger charge is -2.22. The number of nitrogens with zero attached hydrogens (tertiary/aromatic N) is 3. The zero-order chi connectivity index (χ0) is 27.0. The maximum absolute atomic E-state index is 15.1. The monoisotopic (exact) mass is 531 g/mol. The molecule has 13 heteroatoms. The number of benzene rings is 2. The van der Waals surface area contributed by atoms with Gasteiger partial charge in [0.25, 0.3) is 0 Å². The second kappa shape index (κ2) is 9.89. The fraction of sp³-hybridized carbons (Fsp3) is 0.240. The summed E-state index contributed by atoms with van der Waals surface area (Å²) in [6.07, 6.45) is -1.58. The van der Waals surface area contributed by atoms with Crippen LogP contribution in [0.1, 0.15) is 30.0 Å². The molecule has 38 heavy (non-hydrogen) atoms. The van der Waals surface area contributed by atoms with Crippen molar-refractivity contribution in [3.8, 4) is 11.1 Å². The van der Waals surface area contributed by atoms with Gasteiger partial charge in [0, 0.05) is 17.2 Å². The second-order valence-electron chi connectivity index (χ2n) is 8.88. The summed E-state index contributed by atoms with van der Waals surface area (Å²) in [4.78, 5) is 16.4. The number of anilines is 3. The molecule has 5 rings (SSSR count). The predicted molar refractivity (Wildman–Crippen MR) is 132 cm³/mol. The van der Waals surface area contributed by atoms with Crippen LogP contribution in [0.4, 0.5) is 43.9 Å². The van der Waals surface area contributed by atoms with Gasteiger partial charge in [-0.25, -0.2) is 23.1 Å². The minimum absolute atomic E-state index is 0.220. The largest absolute Gasteiger partial charge is 0.416 e. The number of hydrogen-bond donors (Lipinski definition) is 4. The SMILES string of the molecule is Nc1ncnn2c(C3CCNCC3)cc(-c3ccc(NC(=O)Nc4cc(C(F)(F)F)ccc4F)c(F)c3)c12. The van der Waals surface area contributed by atoms with Gasteiger partial charge in [-0.2, -0.15) is 18.3 Å². The number of carbonyl (C=O) groups is 1. The first-order valence-electron chi connectivity index (χ1n) is 11.7. The Morgan fingerprint density at radius 1 is 1.00 bits per heavy atom. The van der Waals surface area contributed by atoms with Crippen molar-refractivity contribution in [2.45, 2.75) is 24.9 Å². The van der Waals surface area contributed by atoms with Gasteiger partial charge in [0.1, 0.15) is 23.5 Å². The Hall–Kier alpha value is -4.26. The molecule has 1 aliphatic rings. The lowest BCUT2D eigenvalue weighted by molar-refractivity contribution is -0.137. The average Bonchev–Trinajstić information content (AvgIpc) is 3.27. The number of nitrogen functional groups attached to an aromatic ring is 1. The summed E-state index contributed by atoms with van der Waals surface area (Å²) in [5.41, 5.74) is 6.57. The van der Waals surface area contributed by atoms with Crippen molar-refractivity contribution in [2.24, 2.45) is 0 Å². The quantitative estimate of drug-likeness (QED) is 0.264. The van der Waals surface area contributed by atoms with Gasteiger partial charge in [0.05, 0.1) is 16.9 Å². The first-order chi connectivity index (χ1) is 18.1. The maximum Gasteiger partial charge on any atom is 0.416 e. The summed E-state index contributed by atoms with van der Waals surface area (Å²) in [6.45, 7) is 1.71. The van der Waals surface area contributed by atoms with Gasteiger partial charge in [0.2, 0.25) is 0 Å². The highest BCUT2D eigenvalue weighted by Crippen LogP contribution is 2.37. The van der Waals surface area contributed by atoms with E-state index in [0.29, 0.717) is 34.8 Å². The molecule has 3 heterocycles. The van der Waals surface area contributed by atoms with E-state index >= 15 is 4.39 Å². The van der Waals surface area contributed by atoms with E-state index in [9.17, 15) is 22.4 Å². The Morgan fingerprint density at radius 2 is 1.74 bits per heavy atom. The van der Waals surface area contributed by atoms with Crippen molar-refractivity contribution < 1.29 is 26.7 Å². The highest BCUT2D eigenvalue weighted by Gasteiger charge is 2.31. The first kappa shape index (κ1) is 25.4. The van der Waals surface area contributed by atoms with E-state index in [4.69, 9.17) is 5.73 Å². The fourth-order valence-corrected chi connectivity index (χ4v) is 4.58. The molecule has 2 aromatic heterocycles. The van der Waals surface area contributed by atoms with Gasteiger partial charge in [0.15, 0.2) is 5.82 Å². The molecule has 0 aliphatic carbocycles. The van der Waals surface area contributed by atoms with Crippen LogP contribution >= 0.6 is 0 Å². The minimum atomic E-state index is -4.73. The van der Waals surface area contributed by atoms with Crippen LogP contribution in [0.3, 0.4) is 0 Å². The Kier molecular flexibility index (Phi) is 6.61. The number of piperidine rings is 1. The number of carbonyl (C=O) groups excluding carboxylic acids is 1. The van der Waals surface area contributed by atoms with Crippen molar-refractivity contribution in [1.29, 1.82) is 0 Å². The molecule has 0 atom stereocenters. The molecule has 0 bridgehead atoms. The van der Waals surface area contributed by atoms with Crippen molar-refractivity contribution in [3.63, 3.8) is 0 Å². The molecule has 198 valence electrons. The van der Waals surface area contributed by atoms with Crippen molar-refractivity contribution >= 4 is 28.7 Å². The van der Waals surface area contributed by atoms with Gasteiger partial charge in [-0.3, -0.25) is 0 Å². The normalized spacial score (nSPS) is 14.6. The molecule has 1 aliphatic heterocycles. The number of amides is 2. The van der Waals surface area contributed by atoms with E-state index in [2.05, 4.69) is 20.7 Å². The van der Waals surface area contributed by atoms with Crippen LogP contribution in [0.2, 0.25) is 0 Å². The van der Waals surface area contributed by atoms with Crippen molar-refractivity contribution in [2.75, 3.05) is 29.5 Å². The lowest BCUT2D eigenvalue weighted by atomic mass is 9.94. The molecule has 2 aromatic carbocycles. The molecule has 4 aromatic rings. The van der Waals surface area contributed by atoms with Crippen LogP contribution in [0.15, 0.2) is 48.8 Å². The third kappa shape index (κ3) is 4.96. The summed E-state index contributed by atoms with van der Waals surface area (Å²) in [5.74, 6) is -1.45. The Morgan fingerprint density at radius 3 is 2.45 bits per heavy atom. The summed E-state index contributed by atoms with van der Waals surface area (Å²) in [6, 6.07) is 6.42. The molecular weight excluding hydrogens is 509 g/mol. The van der Waals surface area contributed by atoms with Gasteiger partial charge in [-0.1, -0.05) is 6.07 Å². The first-order valence-corrected chi connectivity index (χ1v) is 11.7. The van der Waals surface area contributed by atoms with Crippen LogP contribution in [0.5, 0.6) is 0 Å². The van der Waals surface area contributed by atoms with E-state index in [0.717, 1.165) is 31.6 Å². The Labute approximate surface area is 213 Å². The number of urea groups is 1. The van der Waals surface area contributed by atoms with Crippen LogP contribution in [-0.2, 0) is 6.18 Å². The molecule has 0 saturated carbocycles. The highest BCUT2D eigenvalue weighted by molar-refractivity contribution is 6.00. The number of alkyl halides is 3. The topological polar surface area (TPSA) is 109 Å². The molecule has 0 unspecified atom stereocenters. The molecule has 2 amide bonds. The molecule has 0 radical (unpaired) electrons. The van der Waals surface area contributed by atoms with Crippen molar-refractivity contribution in [3.05, 3.63) is 71.7 Å². The predicted octanol–water partition coefficient (Wildman–Crippen LogP) is 5.39. The number of fused-ring (bicyclic) bond motifs is 1. The molecular formula is C25H22F5N7O. The molecule has 0 spiro atoms. The molecule has 8 nitrogen and oxygen atoms in total. The maximum atomic E-state index is 15.1. The van der Waals surface area contributed by atoms with Gasteiger partial charge < -0.3 is 21.7 Å². The molecule has 5 N–H and O–H groups in total. The number of nitrogens with one attached hydrogen (secondary N) is 3. The van der Waals surface area contributed by atoms with E-state index < -0.39 is 35.1 Å². The lowest BCUT2D eigenvalue weighted by Crippen LogP contribution is -2.27. The number of halogens is 5. The number of aromatic nitrogens is 3. The second-order valence-corrected chi connectivity index (χ2v) is 8.88. The van der Waals surface area contributed by atoms with Gasteiger partial charge >= 0.3 is 12.2 Å². The summed E-state index contributed by atoms with van der Waals surface area (Å²) < 4.78 is 69.5. The zero-order valence-electron chi connectivity index (χ0n) is 19.7. The third-order valence-electron chi connectivity index (χ3n) is 6.44. The Balaban J connectivity index is 1.41. The Bertz CT molecular complexity index is 1510. The van der Waals surface area contributed by atoms with E-state index in [-0.39, 0.29) is 17.4 Å². The summed E-state index contributed by atoms with van der Waals surface area (Å²) in [5, 5.41) is 11.8. The van der Waals surface area contributed by atoms with Gasteiger partial charge in [-0.05, 0) is 67.9 Å². The number of rotatable bonds is 4. The average molecular weight is 531 g/mol. The smallest absolute Gasteiger partial charge is 0.382 e. The highest BCUT2D eigenvalue weighted by atomic mass is 19.4. The van der Waals surface area contributed by atoms with E-state index in [1.54, 1.807) is 10.6 Å².